The zero-order valence-electron chi connectivity index (χ0n) is 8.02. The molecule has 1 aromatic carbocycles. The van der Waals surface area contributed by atoms with Crippen LogP contribution in [0, 0.1) is 6.92 Å². The molecule has 0 unspecified atom stereocenters. The third kappa shape index (κ3) is 2.58. The van der Waals surface area contributed by atoms with E-state index in [1.165, 1.54) is 0 Å². The predicted octanol–water partition coefficient (Wildman–Crippen LogP) is 3.70. The highest BCUT2D eigenvalue weighted by molar-refractivity contribution is 9.09. The van der Waals surface area contributed by atoms with Gasteiger partial charge in [-0.3, -0.25) is 4.79 Å². The first-order chi connectivity index (χ1) is 6.70. The number of Topliss-reactive ketones (excluding diaryl/α,β-unsaturated/α-hetero) is 1. The van der Waals surface area contributed by atoms with Crippen molar-refractivity contribution in [3.63, 3.8) is 0 Å². The average Bonchev–Trinajstić information content (AvgIpc) is 2.17. The summed E-state index contributed by atoms with van der Waals surface area (Å²) in [7, 11) is 0. The number of halogens is 2. The first-order valence-corrected chi connectivity index (χ1v) is 6.10. The minimum absolute atomic E-state index is 0.163. The topological polar surface area (TPSA) is 17.1 Å². The van der Waals surface area contributed by atoms with Gasteiger partial charge in [0, 0.05) is 23.2 Å². The van der Waals surface area contributed by atoms with E-state index in [2.05, 4.69) is 15.9 Å². The van der Waals surface area contributed by atoms with E-state index in [0.717, 1.165) is 16.7 Å². The van der Waals surface area contributed by atoms with Crippen LogP contribution in [0.1, 0.15) is 27.9 Å². The van der Waals surface area contributed by atoms with Gasteiger partial charge in [0.1, 0.15) is 0 Å². The molecule has 0 bridgehead atoms. The molecular formula is C11H12BrClO. The molecule has 1 aromatic rings. The molecule has 0 saturated carbocycles. The van der Waals surface area contributed by atoms with Crippen LogP contribution in [-0.2, 0) is 5.88 Å². The van der Waals surface area contributed by atoms with Crippen LogP contribution in [0.4, 0.5) is 0 Å². The Kier molecular flexibility index (Phi) is 4.63. The summed E-state index contributed by atoms with van der Waals surface area (Å²) in [4.78, 5) is 11.8. The van der Waals surface area contributed by atoms with Crippen molar-refractivity contribution in [2.75, 3.05) is 5.33 Å². The van der Waals surface area contributed by atoms with E-state index in [-0.39, 0.29) is 5.78 Å². The molecule has 76 valence electrons. The highest BCUT2D eigenvalue weighted by Gasteiger charge is 2.12. The van der Waals surface area contributed by atoms with Crippen molar-refractivity contribution in [1.29, 1.82) is 0 Å². The smallest absolute Gasteiger partial charge is 0.164 e. The van der Waals surface area contributed by atoms with E-state index >= 15 is 0 Å². The molecule has 1 rings (SSSR count). The molecule has 0 aliphatic rings. The molecule has 0 spiro atoms. The van der Waals surface area contributed by atoms with Gasteiger partial charge in [0.25, 0.3) is 0 Å². The zero-order valence-corrected chi connectivity index (χ0v) is 10.4. The van der Waals surface area contributed by atoms with E-state index in [1.807, 2.05) is 25.1 Å². The van der Waals surface area contributed by atoms with Crippen molar-refractivity contribution < 1.29 is 4.79 Å². The van der Waals surface area contributed by atoms with Crippen molar-refractivity contribution in [3.05, 3.63) is 34.9 Å². The van der Waals surface area contributed by atoms with Crippen molar-refractivity contribution in [3.8, 4) is 0 Å². The van der Waals surface area contributed by atoms with Gasteiger partial charge in [0.05, 0.1) is 0 Å². The van der Waals surface area contributed by atoms with Crippen LogP contribution in [0.5, 0.6) is 0 Å². The fourth-order valence-electron chi connectivity index (χ4n) is 1.45. The number of hydrogen-bond donors (Lipinski definition) is 0. The maximum atomic E-state index is 11.8. The number of carbonyl (C=O) groups is 1. The quantitative estimate of drug-likeness (QED) is 0.605. The van der Waals surface area contributed by atoms with Gasteiger partial charge in [0.15, 0.2) is 5.78 Å². The summed E-state index contributed by atoms with van der Waals surface area (Å²) in [5, 5.41) is 0.696. The zero-order chi connectivity index (χ0) is 10.6. The summed E-state index contributed by atoms with van der Waals surface area (Å²) >= 11 is 9.05. The fourth-order valence-corrected chi connectivity index (χ4v) is 2.03. The maximum Gasteiger partial charge on any atom is 0.164 e. The van der Waals surface area contributed by atoms with E-state index < -0.39 is 0 Å². The van der Waals surface area contributed by atoms with Crippen LogP contribution in [0.2, 0.25) is 0 Å². The maximum absolute atomic E-state index is 11.8. The Morgan fingerprint density at radius 3 is 2.79 bits per heavy atom. The van der Waals surface area contributed by atoms with Crippen LogP contribution in [-0.4, -0.2) is 11.1 Å². The van der Waals surface area contributed by atoms with E-state index in [9.17, 15) is 4.79 Å². The molecule has 0 N–H and O–H groups in total. The molecule has 0 heterocycles. The standard InChI is InChI=1S/C11H12BrClO/c1-8-3-2-4-9(7-13)11(8)10(14)5-6-12/h2-4H,5-7H2,1H3. The molecule has 0 amide bonds. The molecule has 1 nitrogen and oxygen atoms in total. The lowest BCUT2D eigenvalue weighted by Gasteiger charge is -2.08. The lowest BCUT2D eigenvalue weighted by molar-refractivity contribution is 0.0988. The monoisotopic (exact) mass is 274 g/mol. The number of rotatable bonds is 4. The van der Waals surface area contributed by atoms with Crippen molar-refractivity contribution >= 4 is 33.3 Å². The van der Waals surface area contributed by atoms with Crippen LogP contribution < -0.4 is 0 Å². The summed E-state index contributed by atoms with van der Waals surface area (Å²) in [5.41, 5.74) is 2.73. The fraction of sp³-hybridized carbons (Fsp3) is 0.364. The second-order valence-corrected chi connectivity index (χ2v) is 4.17. The van der Waals surface area contributed by atoms with Gasteiger partial charge in [0.2, 0.25) is 0 Å². The summed E-state index contributed by atoms with van der Waals surface area (Å²) in [6.45, 7) is 1.94. The molecule has 0 aliphatic carbocycles. The number of aryl methyl sites for hydroxylation is 1. The van der Waals surface area contributed by atoms with Gasteiger partial charge in [-0.05, 0) is 18.1 Å². The van der Waals surface area contributed by atoms with Gasteiger partial charge in [-0.1, -0.05) is 34.1 Å². The van der Waals surface area contributed by atoms with Gasteiger partial charge >= 0.3 is 0 Å². The summed E-state index contributed by atoms with van der Waals surface area (Å²) in [5.74, 6) is 0.557. The Labute approximate surface area is 97.6 Å². The van der Waals surface area contributed by atoms with Gasteiger partial charge in [-0.2, -0.15) is 0 Å². The highest BCUT2D eigenvalue weighted by atomic mass is 79.9. The minimum atomic E-state index is 0.163. The number of ketones is 1. The van der Waals surface area contributed by atoms with Crippen LogP contribution in [0.25, 0.3) is 0 Å². The molecule has 0 aliphatic heterocycles. The SMILES string of the molecule is Cc1cccc(CCl)c1C(=O)CCBr. The van der Waals surface area contributed by atoms with Gasteiger partial charge < -0.3 is 0 Å². The number of alkyl halides is 2. The molecular weight excluding hydrogens is 263 g/mol. The molecule has 0 atom stereocenters. The van der Waals surface area contributed by atoms with Crippen LogP contribution >= 0.6 is 27.5 Å². The minimum Gasteiger partial charge on any atom is -0.294 e. The lowest BCUT2D eigenvalue weighted by Crippen LogP contribution is -2.06. The molecule has 3 heteroatoms. The van der Waals surface area contributed by atoms with Crippen molar-refractivity contribution in [2.24, 2.45) is 0 Å². The molecule has 0 saturated heterocycles. The van der Waals surface area contributed by atoms with Crippen LogP contribution in [0.3, 0.4) is 0 Å². The molecule has 0 aromatic heterocycles. The third-order valence-electron chi connectivity index (χ3n) is 2.10. The van der Waals surface area contributed by atoms with Crippen molar-refractivity contribution in [2.45, 2.75) is 19.2 Å². The second-order valence-electron chi connectivity index (χ2n) is 3.10. The molecule has 0 radical (unpaired) electrons. The Morgan fingerprint density at radius 1 is 1.50 bits per heavy atom. The van der Waals surface area contributed by atoms with E-state index in [1.54, 1.807) is 0 Å². The Hall–Kier alpha value is -0.340. The Morgan fingerprint density at radius 2 is 2.21 bits per heavy atom. The van der Waals surface area contributed by atoms with Gasteiger partial charge in [-0.25, -0.2) is 0 Å². The second kappa shape index (κ2) is 5.52. The highest BCUT2D eigenvalue weighted by Crippen LogP contribution is 2.18. The average molecular weight is 276 g/mol. The van der Waals surface area contributed by atoms with E-state index in [0.29, 0.717) is 17.6 Å². The number of benzene rings is 1. The predicted molar refractivity (Wildman–Crippen MR) is 63.5 cm³/mol. The Bertz CT molecular complexity index is 336. The normalized spacial score (nSPS) is 10.2. The van der Waals surface area contributed by atoms with Gasteiger partial charge in [-0.15, -0.1) is 11.6 Å². The first-order valence-electron chi connectivity index (χ1n) is 4.44. The number of hydrogen-bond acceptors (Lipinski definition) is 1. The van der Waals surface area contributed by atoms with Crippen molar-refractivity contribution in [1.82, 2.24) is 0 Å². The third-order valence-corrected chi connectivity index (χ3v) is 2.79. The Balaban J connectivity index is 3.10. The summed E-state index contributed by atoms with van der Waals surface area (Å²) < 4.78 is 0. The largest absolute Gasteiger partial charge is 0.294 e. The molecule has 14 heavy (non-hydrogen) atoms. The number of carbonyl (C=O) groups excluding carboxylic acids is 1. The molecule has 0 fully saturated rings. The first kappa shape index (κ1) is 11.7. The van der Waals surface area contributed by atoms with E-state index in [4.69, 9.17) is 11.6 Å². The van der Waals surface area contributed by atoms with Crippen LogP contribution in [0.15, 0.2) is 18.2 Å². The summed E-state index contributed by atoms with van der Waals surface area (Å²) in [6.07, 6.45) is 0.523. The lowest BCUT2D eigenvalue weighted by atomic mass is 9.98. The summed E-state index contributed by atoms with van der Waals surface area (Å²) in [6, 6.07) is 5.77.